The van der Waals surface area contributed by atoms with Gasteiger partial charge >= 0.3 is 6.09 Å². The predicted octanol–water partition coefficient (Wildman–Crippen LogP) is 1.08. The van der Waals surface area contributed by atoms with Crippen LogP contribution in [-0.4, -0.2) is 6.09 Å². The number of benzene rings is 2. The van der Waals surface area contributed by atoms with Crippen LogP contribution in [0, 0.1) is 0 Å². The minimum atomic E-state index is -0.398. The molecule has 0 aliphatic rings. The lowest BCUT2D eigenvalue weighted by Crippen LogP contribution is -3.00. The van der Waals surface area contributed by atoms with Crippen molar-refractivity contribution in [3.8, 4) is 0 Å². The van der Waals surface area contributed by atoms with Crippen LogP contribution >= 0.6 is 15.9 Å². The van der Waals surface area contributed by atoms with E-state index >= 15 is 0 Å². The topological polar surface area (TPSA) is 30.2 Å². The summed E-state index contributed by atoms with van der Waals surface area (Å²) in [6, 6.07) is 17.5. The molecule has 112 valence electrons. The third kappa shape index (κ3) is 3.64. The van der Waals surface area contributed by atoms with Gasteiger partial charge in [-0.2, -0.15) is 4.79 Å². The fourth-order valence-corrected chi connectivity index (χ4v) is 2.69. The van der Waals surface area contributed by atoms with E-state index in [4.69, 9.17) is 4.74 Å². The summed E-state index contributed by atoms with van der Waals surface area (Å²) in [6.07, 6.45) is 3.09. The van der Waals surface area contributed by atoms with E-state index in [1.54, 1.807) is 12.4 Å². The average molecular weight is 379 g/mol. The molecule has 0 amide bonds. The first-order chi connectivity index (χ1) is 10.2. The summed E-state index contributed by atoms with van der Waals surface area (Å²) in [5.74, 6) is 0. The number of pyridine rings is 1. The van der Waals surface area contributed by atoms with Crippen molar-refractivity contribution in [1.82, 2.24) is 0 Å². The van der Waals surface area contributed by atoms with E-state index in [2.05, 4.69) is 15.9 Å². The van der Waals surface area contributed by atoms with Crippen LogP contribution in [0.3, 0.4) is 0 Å². The molecule has 0 fully saturated rings. The van der Waals surface area contributed by atoms with Crippen molar-refractivity contribution in [3.05, 3.63) is 77.0 Å². The molecule has 0 unspecified atom stereocenters. The Labute approximate surface area is 143 Å². The molecule has 3 aromatic rings. The number of ether oxygens (including phenoxy) is 1. The fourth-order valence-electron chi connectivity index (χ4n) is 2.11. The highest BCUT2D eigenvalue weighted by Crippen LogP contribution is 2.21. The van der Waals surface area contributed by atoms with Gasteiger partial charge in [-0.1, -0.05) is 53.1 Å². The second-order valence-corrected chi connectivity index (χ2v) is 5.50. The van der Waals surface area contributed by atoms with E-state index in [9.17, 15) is 4.79 Å². The number of nitrogens with zero attached hydrogens (tertiary/aromatic N) is 1. The predicted molar refractivity (Wildman–Crippen MR) is 83.9 cm³/mol. The summed E-state index contributed by atoms with van der Waals surface area (Å²) < 4.78 is 7.63. The second-order valence-electron chi connectivity index (χ2n) is 4.64. The molecule has 0 bridgehead atoms. The van der Waals surface area contributed by atoms with Gasteiger partial charge in [-0.05, 0) is 27.6 Å². The highest BCUT2D eigenvalue weighted by molar-refractivity contribution is 9.10. The minimum absolute atomic E-state index is 0. The number of aromatic nitrogens is 1. The Hall–Kier alpha value is -1.91. The molecule has 0 saturated heterocycles. The van der Waals surface area contributed by atoms with E-state index in [1.165, 1.54) is 4.57 Å². The Morgan fingerprint density at radius 3 is 2.45 bits per heavy atom. The zero-order chi connectivity index (χ0) is 14.7. The van der Waals surface area contributed by atoms with Crippen molar-refractivity contribution in [2.24, 2.45) is 0 Å². The molecule has 22 heavy (non-hydrogen) atoms. The first kappa shape index (κ1) is 16.5. The molecule has 0 atom stereocenters. The van der Waals surface area contributed by atoms with Crippen molar-refractivity contribution in [2.75, 3.05) is 0 Å². The van der Waals surface area contributed by atoms with Crippen molar-refractivity contribution in [3.63, 3.8) is 0 Å². The van der Waals surface area contributed by atoms with Crippen molar-refractivity contribution < 1.29 is 26.5 Å². The van der Waals surface area contributed by atoms with E-state index in [0.717, 1.165) is 20.8 Å². The Morgan fingerprint density at radius 1 is 1.00 bits per heavy atom. The Morgan fingerprint density at radius 2 is 1.68 bits per heavy atom. The SMILES string of the molecule is O=C(OCc1ccccc1)[n+]1cc(Br)c2ccccc2c1.[Cl-]. The third-order valence-electron chi connectivity index (χ3n) is 3.16. The van der Waals surface area contributed by atoms with Crippen molar-refractivity contribution in [2.45, 2.75) is 6.61 Å². The van der Waals surface area contributed by atoms with Crippen molar-refractivity contribution >= 4 is 32.8 Å². The molecule has 1 aromatic heterocycles. The average Bonchev–Trinajstić information content (AvgIpc) is 2.53. The van der Waals surface area contributed by atoms with Gasteiger partial charge in [-0.3, -0.25) is 0 Å². The van der Waals surface area contributed by atoms with Gasteiger partial charge in [0.05, 0.1) is 4.47 Å². The van der Waals surface area contributed by atoms with Gasteiger partial charge in [0, 0.05) is 10.8 Å². The van der Waals surface area contributed by atoms with Gasteiger partial charge < -0.3 is 17.1 Å². The molecule has 0 saturated carbocycles. The molecular formula is C17H13BrClNO2. The first-order valence-electron chi connectivity index (χ1n) is 6.54. The summed E-state index contributed by atoms with van der Waals surface area (Å²) in [5, 5.41) is 2.04. The minimum Gasteiger partial charge on any atom is -1.00 e. The summed E-state index contributed by atoms with van der Waals surface area (Å²) in [4.78, 5) is 12.1. The van der Waals surface area contributed by atoms with Crippen LogP contribution in [0.15, 0.2) is 71.5 Å². The zero-order valence-electron chi connectivity index (χ0n) is 11.6. The van der Waals surface area contributed by atoms with Crippen LogP contribution in [0.4, 0.5) is 4.79 Å². The number of hydrogen-bond donors (Lipinski definition) is 0. The number of carbonyl (C=O) groups is 1. The molecule has 0 aliphatic heterocycles. The van der Waals surface area contributed by atoms with Crippen LogP contribution < -0.4 is 17.0 Å². The maximum absolute atomic E-state index is 12.1. The molecule has 2 aromatic carbocycles. The molecule has 0 aliphatic carbocycles. The lowest BCUT2D eigenvalue weighted by Gasteiger charge is -2.02. The number of halogens is 2. The molecule has 3 rings (SSSR count). The standard InChI is InChI=1S/C17H13BrNO2.ClH/c18-16-11-19(10-14-8-4-5-9-15(14)16)17(20)21-12-13-6-2-1-3-7-13;/h1-11H,12H2;1H/q+1;/p-1. The molecule has 0 spiro atoms. The Balaban J connectivity index is 0.00000176. The first-order valence-corrected chi connectivity index (χ1v) is 7.34. The van der Waals surface area contributed by atoms with Crippen LogP contribution in [-0.2, 0) is 11.3 Å². The number of carbonyl (C=O) groups excluding carboxylic acids is 1. The van der Waals surface area contributed by atoms with Gasteiger partial charge in [-0.25, -0.2) is 0 Å². The molecule has 1 heterocycles. The van der Waals surface area contributed by atoms with Gasteiger partial charge in [0.25, 0.3) is 0 Å². The van der Waals surface area contributed by atoms with Crippen LogP contribution in [0.5, 0.6) is 0 Å². The molecule has 0 radical (unpaired) electrons. The number of rotatable bonds is 2. The number of hydrogen-bond acceptors (Lipinski definition) is 2. The fraction of sp³-hybridized carbons (Fsp3) is 0.0588. The zero-order valence-corrected chi connectivity index (χ0v) is 13.9. The van der Waals surface area contributed by atoms with E-state index < -0.39 is 6.09 Å². The molecule has 3 nitrogen and oxygen atoms in total. The van der Waals surface area contributed by atoms with Gasteiger partial charge in [0.15, 0.2) is 12.4 Å². The lowest BCUT2D eigenvalue weighted by atomic mass is 10.2. The molecule has 0 N–H and O–H groups in total. The van der Waals surface area contributed by atoms with Crippen LogP contribution in [0.2, 0.25) is 0 Å². The maximum atomic E-state index is 12.1. The summed E-state index contributed by atoms with van der Waals surface area (Å²) in [5.41, 5.74) is 0.964. The normalized spacial score (nSPS) is 10.0. The smallest absolute Gasteiger partial charge is 0.602 e. The highest BCUT2D eigenvalue weighted by atomic mass is 79.9. The van der Waals surface area contributed by atoms with Gasteiger partial charge in [0.2, 0.25) is 0 Å². The largest absolute Gasteiger partial charge is 1.00 e. The van der Waals surface area contributed by atoms with Gasteiger partial charge in [0.1, 0.15) is 6.61 Å². The molecule has 5 heteroatoms. The monoisotopic (exact) mass is 377 g/mol. The Bertz CT molecular complexity index is 793. The molecular weight excluding hydrogens is 366 g/mol. The second kappa shape index (κ2) is 7.38. The summed E-state index contributed by atoms with van der Waals surface area (Å²) in [6.45, 7) is 0.261. The quantitative estimate of drug-likeness (QED) is 0.625. The van der Waals surface area contributed by atoms with Crippen molar-refractivity contribution in [1.29, 1.82) is 0 Å². The Kier molecular flexibility index (Phi) is 5.52. The number of fused-ring (bicyclic) bond motifs is 1. The summed E-state index contributed by atoms with van der Waals surface area (Å²) >= 11 is 3.48. The van der Waals surface area contributed by atoms with Crippen LogP contribution in [0.25, 0.3) is 10.8 Å². The maximum Gasteiger partial charge on any atom is 0.602 e. The van der Waals surface area contributed by atoms with E-state index in [0.29, 0.717) is 0 Å². The van der Waals surface area contributed by atoms with Crippen LogP contribution in [0.1, 0.15) is 5.56 Å². The summed E-state index contributed by atoms with van der Waals surface area (Å²) in [7, 11) is 0. The van der Waals surface area contributed by atoms with Gasteiger partial charge in [-0.15, -0.1) is 0 Å². The van der Waals surface area contributed by atoms with E-state index in [-0.39, 0.29) is 19.0 Å². The lowest BCUT2D eigenvalue weighted by molar-refractivity contribution is -0.585. The highest BCUT2D eigenvalue weighted by Gasteiger charge is 2.18. The third-order valence-corrected chi connectivity index (χ3v) is 3.80. The van der Waals surface area contributed by atoms with E-state index in [1.807, 2.05) is 54.6 Å².